The van der Waals surface area contributed by atoms with E-state index in [4.69, 9.17) is 0 Å². The highest BCUT2D eigenvalue weighted by Crippen LogP contribution is 2.31. The fraction of sp³-hybridized carbons (Fsp3) is 0.562. The Hall–Kier alpha value is -1.55. The van der Waals surface area contributed by atoms with Crippen LogP contribution in [0, 0.1) is 12.8 Å². The van der Waals surface area contributed by atoms with Gasteiger partial charge in [0.1, 0.15) is 5.75 Å². The van der Waals surface area contributed by atoms with E-state index in [1.54, 1.807) is 19.1 Å². The Morgan fingerprint density at radius 2 is 2.05 bits per heavy atom. The van der Waals surface area contributed by atoms with E-state index in [0.717, 1.165) is 31.2 Å². The van der Waals surface area contributed by atoms with Gasteiger partial charge in [-0.1, -0.05) is 13.0 Å². The van der Waals surface area contributed by atoms with Crippen LogP contribution in [0.5, 0.6) is 5.75 Å². The molecule has 110 valence electrons. The van der Waals surface area contributed by atoms with Crippen molar-refractivity contribution >= 4 is 5.91 Å². The van der Waals surface area contributed by atoms with E-state index >= 15 is 0 Å². The molecular formula is C16H23NO3. The molecule has 0 saturated heterocycles. The average Bonchev–Trinajstić information content (AvgIpc) is 2.43. The van der Waals surface area contributed by atoms with Crippen LogP contribution in [0.3, 0.4) is 0 Å². The minimum Gasteiger partial charge on any atom is -0.508 e. The Labute approximate surface area is 119 Å². The van der Waals surface area contributed by atoms with Crippen molar-refractivity contribution in [2.75, 3.05) is 6.54 Å². The quantitative estimate of drug-likeness (QED) is 0.794. The fourth-order valence-electron chi connectivity index (χ4n) is 2.57. The SMILES string of the molecule is Cc1ccc(C(=O)NCC2(O)CCC(C)CC2)cc1O. The number of amides is 1. The number of nitrogens with one attached hydrogen (secondary N) is 1. The molecule has 20 heavy (non-hydrogen) atoms. The lowest BCUT2D eigenvalue weighted by atomic mass is 9.79. The van der Waals surface area contributed by atoms with Crippen LogP contribution in [0.4, 0.5) is 0 Å². The molecule has 0 heterocycles. The number of aryl methyl sites for hydroxylation is 1. The van der Waals surface area contributed by atoms with Crippen LogP contribution in [0.1, 0.15) is 48.5 Å². The number of carbonyl (C=O) groups excluding carboxylic acids is 1. The Morgan fingerprint density at radius 3 is 2.65 bits per heavy atom. The third-order valence-electron chi connectivity index (χ3n) is 4.25. The second-order valence-electron chi connectivity index (χ2n) is 6.09. The molecule has 1 amide bonds. The Bertz CT molecular complexity index is 490. The summed E-state index contributed by atoms with van der Waals surface area (Å²) in [5, 5.41) is 22.8. The molecule has 0 unspecified atom stereocenters. The minimum absolute atomic E-state index is 0.114. The molecule has 0 spiro atoms. The van der Waals surface area contributed by atoms with Gasteiger partial charge in [-0.2, -0.15) is 0 Å². The largest absolute Gasteiger partial charge is 0.508 e. The second-order valence-corrected chi connectivity index (χ2v) is 6.09. The van der Waals surface area contributed by atoms with Crippen LogP contribution in [0.2, 0.25) is 0 Å². The van der Waals surface area contributed by atoms with Crippen LogP contribution in [-0.4, -0.2) is 28.3 Å². The summed E-state index contributed by atoms with van der Waals surface area (Å²) in [6.45, 7) is 4.24. The van der Waals surface area contributed by atoms with Crippen LogP contribution in [0.25, 0.3) is 0 Å². The number of hydrogen-bond donors (Lipinski definition) is 3. The first-order chi connectivity index (χ1) is 9.39. The molecule has 3 N–H and O–H groups in total. The smallest absolute Gasteiger partial charge is 0.251 e. The van der Waals surface area contributed by atoms with E-state index in [9.17, 15) is 15.0 Å². The van der Waals surface area contributed by atoms with Crippen molar-refractivity contribution in [2.45, 2.75) is 45.1 Å². The summed E-state index contributed by atoms with van der Waals surface area (Å²) in [4.78, 5) is 12.0. The van der Waals surface area contributed by atoms with Crippen molar-refractivity contribution in [1.82, 2.24) is 5.32 Å². The van der Waals surface area contributed by atoms with Gasteiger partial charge in [0.25, 0.3) is 5.91 Å². The third-order valence-corrected chi connectivity index (χ3v) is 4.25. The van der Waals surface area contributed by atoms with Gasteiger partial charge >= 0.3 is 0 Å². The average molecular weight is 277 g/mol. The maximum Gasteiger partial charge on any atom is 0.251 e. The Morgan fingerprint density at radius 1 is 1.40 bits per heavy atom. The fourth-order valence-corrected chi connectivity index (χ4v) is 2.57. The summed E-state index contributed by atoms with van der Waals surface area (Å²) in [6.07, 6.45) is 3.45. The van der Waals surface area contributed by atoms with Crippen molar-refractivity contribution in [3.8, 4) is 5.75 Å². The number of carbonyl (C=O) groups is 1. The molecule has 1 aliphatic rings. The molecule has 2 rings (SSSR count). The summed E-state index contributed by atoms with van der Waals surface area (Å²) >= 11 is 0. The molecule has 1 fully saturated rings. The molecule has 0 radical (unpaired) electrons. The zero-order chi connectivity index (χ0) is 14.8. The van der Waals surface area contributed by atoms with Crippen molar-refractivity contribution in [2.24, 2.45) is 5.92 Å². The van der Waals surface area contributed by atoms with Crippen LogP contribution >= 0.6 is 0 Å². The van der Waals surface area contributed by atoms with Gasteiger partial charge in [0.15, 0.2) is 0 Å². The highest BCUT2D eigenvalue weighted by molar-refractivity contribution is 5.94. The first-order valence-electron chi connectivity index (χ1n) is 7.20. The molecule has 4 heteroatoms. The predicted octanol–water partition coefficient (Wildman–Crippen LogP) is 2.37. The van der Waals surface area contributed by atoms with Gasteiger partial charge in [0.05, 0.1) is 5.60 Å². The van der Waals surface area contributed by atoms with Crippen molar-refractivity contribution < 1.29 is 15.0 Å². The number of phenols is 1. The molecule has 1 aromatic carbocycles. The zero-order valence-electron chi connectivity index (χ0n) is 12.1. The normalized spacial score (nSPS) is 26.2. The van der Waals surface area contributed by atoms with Gasteiger partial charge in [-0.15, -0.1) is 0 Å². The molecule has 0 aliphatic heterocycles. The number of benzene rings is 1. The van der Waals surface area contributed by atoms with Gasteiger partial charge in [-0.25, -0.2) is 0 Å². The van der Waals surface area contributed by atoms with Gasteiger partial charge in [0.2, 0.25) is 0 Å². The lowest BCUT2D eigenvalue weighted by molar-refractivity contribution is -0.00539. The van der Waals surface area contributed by atoms with E-state index in [0.29, 0.717) is 11.5 Å². The topological polar surface area (TPSA) is 69.6 Å². The maximum absolute atomic E-state index is 12.0. The highest BCUT2D eigenvalue weighted by atomic mass is 16.3. The van der Waals surface area contributed by atoms with E-state index in [2.05, 4.69) is 12.2 Å². The summed E-state index contributed by atoms with van der Waals surface area (Å²) in [7, 11) is 0. The van der Waals surface area contributed by atoms with Gasteiger partial charge in [-0.3, -0.25) is 4.79 Å². The molecular weight excluding hydrogens is 254 g/mol. The molecule has 4 nitrogen and oxygen atoms in total. The van der Waals surface area contributed by atoms with Gasteiger partial charge in [-0.05, 0) is 56.2 Å². The molecule has 1 saturated carbocycles. The first-order valence-corrected chi connectivity index (χ1v) is 7.20. The van der Waals surface area contributed by atoms with Gasteiger partial charge < -0.3 is 15.5 Å². The molecule has 1 aromatic rings. The zero-order valence-corrected chi connectivity index (χ0v) is 12.1. The van der Waals surface area contributed by atoms with E-state index in [1.165, 1.54) is 6.07 Å². The summed E-state index contributed by atoms with van der Waals surface area (Å²) in [6, 6.07) is 4.84. The summed E-state index contributed by atoms with van der Waals surface area (Å²) in [5.74, 6) is 0.509. The second kappa shape index (κ2) is 5.83. The van der Waals surface area contributed by atoms with Gasteiger partial charge in [0, 0.05) is 12.1 Å². The van der Waals surface area contributed by atoms with Crippen molar-refractivity contribution in [3.05, 3.63) is 29.3 Å². The Balaban J connectivity index is 1.93. The molecule has 1 aliphatic carbocycles. The molecule has 0 bridgehead atoms. The van der Waals surface area contributed by atoms with Crippen molar-refractivity contribution in [1.29, 1.82) is 0 Å². The van der Waals surface area contributed by atoms with Crippen LogP contribution in [-0.2, 0) is 0 Å². The lowest BCUT2D eigenvalue weighted by Crippen LogP contribution is -2.45. The number of phenolic OH excluding ortho intramolecular Hbond substituents is 1. The maximum atomic E-state index is 12.0. The Kier molecular flexibility index (Phi) is 4.33. The highest BCUT2D eigenvalue weighted by Gasteiger charge is 2.32. The third kappa shape index (κ3) is 3.51. The van der Waals surface area contributed by atoms with Crippen LogP contribution < -0.4 is 5.32 Å². The standard InChI is InChI=1S/C16H23NO3/c1-11-5-7-16(20,8-6-11)10-17-15(19)13-4-3-12(2)14(18)9-13/h3-4,9,11,18,20H,5-8,10H2,1-2H3,(H,17,19). The number of hydrogen-bond acceptors (Lipinski definition) is 3. The predicted molar refractivity (Wildman–Crippen MR) is 77.8 cm³/mol. The van der Waals surface area contributed by atoms with E-state index < -0.39 is 5.60 Å². The molecule has 0 aromatic heterocycles. The monoisotopic (exact) mass is 277 g/mol. The van der Waals surface area contributed by atoms with Crippen molar-refractivity contribution in [3.63, 3.8) is 0 Å². The number of aliphatic hydroxyl groups is 1. The van der Waals surface area contributed by atoms with E-state index in [-0.39, 0.29) is 18.2 Å². The number of rotatable bonds is 3. The summed E-state index contributed by atoms with van der Waals surface area (Å²) < 4.78 is 0. The lowest BCUT2D eigenvalue weighted by Gasteiger charge is -2.34. The van der Waals surface area contributed by atoms with E-state index in [1.807, 2.05) is 0 Å². The minimum atomic E-state index is -0.783. The first kappa shape index (κ1) is 14.9. The molecule has 0 atom stereocenters. The summed E-state index contributed by atoms with van der Waals surface area (Å²) in [5.41, 5.74) is 0.372. The number of aromatic hydroxyl groups is 1. The van der Waals surface area contributed by atoms with Crippen LogP contribution in [0.15, 0.2) is 18.2 Å².